The zero-order chi connectivity index (χ0) is 15.9. The number of nitrogens with two attached hydrogens (primary N) is 1. The number of ether oxygens (including phenoxy) is 1. The molecule has 0 atom stereocenters. The minimum atomic E-state index is -0.261. The average molecular weight is 322 g/mol. The molecule has 2 rings (SSSR count). The Morgan fingerprint density at radius 1 is 1.32 bits per heavy atom. The van der Waals surface area contributed by atoms with Gasteiger partial charge in [0, 0.05) is 36.8 Å². The summed E-state index contributed by atoms with van der Waals surface area (Å²) >= 11 is 1.62. The van der Waals surface area contributed by atoms with Crippen molar-refractivity contribution in [2.45, 2.75) is 17.7 Å². The van der Waals surface area contributed by atoms with Gasteiger partial charge in [0.25, 0.3) is 5.91 Å². The lowest BCUT2D eigenvalue weighted by Gasteiger charge is -2.31. The van der Waals surface area contributed by atoms with Crippen LogP contribution in [-0.2, 0) is 9.53 Å². The molecular formula is C16H22N2O3S. The molecule has 1 heterocycles. The second-order valence-electron chi connectivity index (χ2n) is 5.31. The number of amides is 2. The third-order valence-electron chi connectivity index (χ3n) is 3.85. The number of hydrogen-bond acceptors (Lipinski definition) is 4. The van der Waals surface area contributed by atoms with E-state index in [1.54, 1.807) is 18.9 Å². The fourth-order valence-corrected chi connectivity index (χ4v) is 3.50. The van der Waals surface area contributed by atoms with Gasteiger partial charge in [0.2, 0.25) is 5.91 Å². The SMILES string of the molecule is COCCSc1ccccc1C(=O)N1CCC(C(N)=O)CC1. The van der Waals surface area contributed by atoms with Crippen LogP contribution >= 0.6 is 11.8 Å². The number of primary amides is 1. The molecule has 22 heavy (non-hydrogen) atoms. The van der Waals surface area contributed by atoms with Crippen molar-refractivity contribution in [3.8, 4) is 0 Å². The van der Waals surface area contributed by atoms with Crippen LogP contribution in [0.3, 0.4) is 0 Å². The van der Waals surface area contributed by atoms with Crippen LogP contribution in [-0.4, -0.2) is 49.3 Å². The molecule has 1 aromatic rings. The molecule has 2 amide bonds. The summed E-state index contributed by atoms with van der Waals surface area (Å²) in [6.45, 7) is 1.82. The number of carbonyl (C=O) groups excluding carboxylic acids is 2. The molecule has 0 aromatic heterocycles. The Kier molecular flexibility index (Phi) is 6.27. The van der Waals surface area contributed by atoms with Crippen molar-refractivity contribution in [1.29, 1.82) is 0 Å². The summed E-state index contributed by atoms with van der Waals surface area (Å²) in [5.74, 6) is 0.478. The average Bonchev–Trinajstić information content (AvgIpc) is 2.55. The van der Waals surface area contributed by atoms with E-state index in [2.05, 4.69) is 0 Å². The lowest BCUT2D eigenvalue weighted by atomic mass is 9.96. The molecule has 0 aliphatic carbocycles. The highest BCUT2D eigenvalue weighted by atomic mass is 32.2. The first kappa shape index (κ1) is 16.8. The number of methoxy groups -OCH3 is 1. The minimum absolute atomic E-state index is 0.0310. The van der Waals surface area contributed by atoms with Gasteiger partial charge in [0.05, 0.1) is 12.2 Å². The first-order valence-electron chi connectivity index (χ1n) is 7.43. The predicted molar refractivity (Wildman–Crippen MR) is 86.9 cm³/mol. The first-order chi connectivity index (χ1) is 10.6. The summed E-state index contributed by atoms with van der Waals surface area (Å²) < 4.78 is 5.05. The Balaban J connectivity index is 2.02. The summed E-state index contributed by atoms with van der Waals surface area (Å²) in [5, 5.41) is 0. The number of piperidine rings is 1. The molecule has 0 unspecified atom stereocenters. The van der Waals surface area contributed by atoms with Crippen LogP contribution in [0, 0.1) is 5.92 Å². The lowest BCUT2D eigenvalue weighted by Crippen LogP contribution is -2.41. The molecule has 1 saturated heterocycles. The van der Waals surface area contributed by atoms with E-state index >= 15 is 0 Å². The molecule has 0 bridgehead atoms. The monoisotopic (exact) mass is 322 g/mol. The summed E-state index contributed by atoms with van der Waals surface area (Å²) in [4.78, 5) is 26.7. The number of rotatable bonds is 6. The fourth-order valence-electron chi connectivity index (χ4n) is 2.54. The third kappa shape index (κ3) is 4.24. The normalized spacial score (nSPS) is 15.8. The second kappa shape index (κ2) is 8.19. The molecule has 1 aromatic carbocycles. The number of nitrogens with zero attached hydrogens (tertiary/aromatic N) is 1. The number of carbonyl (C=O) groups is 2. The molecule has 1 aliphatic heterocycles. The van der Waals surface area contributed by atoms with Crippen LogP contribution in [0.5, 0.6) is 0 Å². The van der Waals surface area contributed by atoms with Gasteiger partial charge in [-0.25, -0.2) is 0 Å². The molecular weight excluding hydrogens is 300 g/mol. The summed E-state index contributed by atoms with van der Waals surface area (Å²) in [6.07, 6.45) is 1.31. The van der Waals surface area contributed by atoms with Gasteiger partial charge in [-0.1, -0.05) is 12.1 Å². The fraction of sp³-hybridized carbons (Fsp3) is 0.500. The summed E-state index contributed by atoms with van der Waals surface area (Å²) in [6, 6.07) is 7.64. The molecule has 6 heteroatoms. The maximum atomic E-state index is 12.7. The topological polar surface area (TPSA) is 72.6 Å². The molecule has 0 saturated carbocycles. The van der Waals surface area contributed by atoms with Gasteiger partial charge in [-0.2, -0.15) is 0 Å². The van der Waals surface area contributed by atoms with Crippen molar-refractivity contribution in [1.82, 2.24) is 4.90 Å². The lowest BCUT2D eigenvalue weighted by molar-refractivity contribution is -0.123. The van der Waals surface area contributed by atoms with Crippen molar-refractivity contribution < 1.29 is 14.3 Å². The van der Waals surface area contributed by atoms with Gasteiger partial charge in [-0.3, -0.25) is 9.59 Å². The largest absolute Gasteiger partial charge is 0.384 e. The number of benzene rings is 1. The van der Waals surface area contributed by atoms with Crippen molar-refractivity contribution in [2.75, 3.05) is 32.6 Å². The Hall–Kier alpha value is -1.53. The van der Waals surface area contributed by atoms with Crippen molar-refractivity contribution in [3.63, 3.8) is 0 Å². The maximum absolute atomic E-state index is 12.7. The Labute approximate surface area is 135 Å². The Bertz CT molecular complexity index is 528. The standard InChI is InChI=1S/C16H22N2O3S/c1-21-10-11-22-14-5-3-2-4-13(14)16(20)18-8-6-12(7-9-18)15(17)19/h2-5,12H,6-11H2,1H3,(H2,17,19). The highest BCUT2D eigenvalue weighted by Crippen LogP contribution is 2.25. The summed E-state index contributed by atoms with van der Waals surface area (Å²) in [7, 11) is 1.67. The Morgan fingerprint density at radius 2 is 2.00 bits per heavy atom. The van der Waals surface area contributed by atoms with Crippen LogP contribution in [0.15, 0.2) is 29.2 Å². The minimum Gasteiger partial charge on any atom is -0.384 e. The van der Waals surface area contributed by atoms with Gasteiger partial charge >= 0.3 is 0 Å². The van der Waals surface area contributed by atoms with Crippen molar-refractivity contribution in [3.05, 3.63) is 29.8 Å². The summed E-state index contributed by atoms with van der Waals surface area (Å²) in [5.41, 5.74) is 6.06. The van der Waals surface area contributed by atoms with Crippen LogP contribution in [0.4, 0.5) is 0 Å². The van der Waals surface area contributed by atoms with E-state index in [0.29, 0.717) is 32.5 Å². The van der Waals surface area contributed by atoms with Crippen LogP contribution in [0.2, 0.25) is 0 Å². The van der Waals surface area contributed by atoms with Gasteiger partial charge in [-0.15, -0.1) is 11.8 Å². The molecule has 0 spiro atoms. The number of likely N-dealkylation sites (tertiary alicyclic amines) is 1. The zero-order valence-electron chi connectivity index (χ0n) is 12.8. The first-order valence-corrected chi connectivity index (χ1v) is 8.41. The van der Waals surface area contributed by atoms with Gasteiger partial charge in [0.1, 0.15) is 0 Å². The molecule has 120 valence electrons. The molecule has 5 nitrogen and oxygen atoms in total. The molecule has 1 fully saturated rings. The smallest absolute Gasteiger partial charge is 0.254 e. The van der Waals surface area contributed by atoms with Crippen LogP contribution in [0.25, 0.3) is 0 Å². The van der Waals surface area contributed by atoms with E-state index in [4.69, 9.17) is 10.5 Å². The molecule has 0 radical (unpaired) electrons. The van der Waals surface area contributed by atoms with E-state index in [0.717, 1.165) is 16.2 Å². The Morgan fingerprint density at radius 3 is 2.64 bits per heavy atom. The second-order valence-corrected chi connectivity index (χ2v) is 6.44. The van der Waals surface area contributed by atoms with E-state index in [1.807, 2.05) is 29.2 Å². The van der Waals surface area contributed by atoms with Gasteiger partial charge in [0.15, 0.2) is 0 Å². The quantitative estimate of drug-likeness (QED) is 0.640. The highest BCUT2D eigenvalue weighted by Gasteiger charge is 2.27. The van der Waals surface area contributed by atoms with Crippen LogP contribution in [0.1, 0.15) is 23.2 Å². The third-order valence-corrected chi connectivity index (χ3v) is 4.88. The maximum Gasteiger partial charge on any atom is 0.254 e. The van der Waals surface area contributed by atoms with Gasteiger partial charge in [-0.05, 0) is 25.0 Å². The highest BCUT2D eigenvalue weighted by molar-refractivity contribution is 7.99. The van der Waals surface area contributed by atoms with E-state index in [9.17, 15) is 9.59 Å². The predicted octanol–water partition coefficient (Wildman–Crippen LogP) is 1.76. The van der Waals surface area contributed by atoms with E-state index < -0.39 is 0 Å². The number of hydrogen-bond donors (Lipinski definition) is 1. The van der Waals surface area contributed by atoms with Crippen molar-refractivity contribution >= 4 is 23.6 Å². The zero-order valence-corrected chi connectivity index (χ0v) is 13.6. The number of thioether (sulfide) groups is 1. The van der Waals surface area contributed by atoms with Crippen molar-refractivity contribution in [2.24, 2.45) is 11.7 Å². The molecule has 1 aliphatic rings. The molecule has 2 N–H and O–H groups in total. The van der Waals surface area contributed by atoms with Crippen LogP contribution < -0.4 is 5.73 Å². The van der Waals surface area contributed by atoms with E-state index in [1.165, 1.54) is 0 Å². The van der Waals surface area contributed by atoms with E-state index in [-0.39, 0.29) is 17.7 Å². The van der Waals surface area contributed by atoms with Gasteiger partial charge < -0.3 is 15.4 Å².